The van der Waals surface area contributed by atoms with Gasteiger partial charge in [0.05, 0.1) is 0 Å². The van der Waals surface area contributed by atoms with Gasteiger partial charge in [-0.3, -0.25) is 0 Å². The molecule has 0 radical (unpaired) electrons. The molecule has 16 heavy (non-hydrogen) atoms. The first-order valence-electron chi connectivity index (χ1n) is 6.44. The lowest BCUT2D eigenvalue weighted by Crippen LogP contribution is -2.39. The topological polar surface area (TPSA) is 15.3 Å². The Morgan fingerprint density at radius 3 is 2.88 bits per heavy atom. The van der Waals surface area contributed by atoms with Crippen LogP contribution in [0.2, 0.25) is 0 Å². The Labute approximate surface area is 97.6 Å². The molecule has 1 aromatic rings. The van der Waals surface area contributed by atoms with E-state index in [9.17, 15) is 0 Å². The van der Waals surface area contributed by atoms with Crippen molar-refractivity contribution in [3.8, 4) is 0 Å². The molecular weight excluding hydrogens is 196 g/mol. The van der Waals surface area contributed by atoms with E-state index in [4.69, 9.17) is 0 Å². The highest BCUT2D eigenvalue weighted by Crippen LogP contribution is 2.35. The third-order valence-electron chi connectivity index (χ3n) is 3.88. The van der Waals surface area contributed by atoms with Gasteiger partial charge >= 0.3 is 0 Å². The fourth-order valence-corrected chi connectivity index (χ4v) is 2.72. The van der Waals surface area contributed by atoms with Crippen molar-refractivity contribution in [3.63, 3.8) is 0 Å². The third kappa shape index (κ3) is 1.82. The van der Waals surface area contributed by atoms with Gasteiger partial charge in [0.25, 0.3) is 0 Å². The molecular formula is C14H20N2. The number of likely N-dealkylation sites (N-methyl/N-ethyl adjacent to an activating group) is 1. The molecule has 0 aromatic heterocycles. The summed E-state index contributed by atoms with van der Waals surface area (Å²) in [4.78, 5) is 2.53. The number of benzene rings is 1. The molecule has 1 heterocycles. The molecule has 0 spiro atoms. The summed E-state index contributed by atoms with van der Waals surface area (Å²) in [5.41, 5.74) is 2.88. The minimum absolute atomic E-state index is 0.701. The molecule has 1 aromatic carbocycles. The summed E-state index contributed by atoms with van der Waals surface area (Å²) in [6, 6.07) is 9.51. The predicted molar refractivity (Wildman–Crippen MR) is 67.7 cm³/mol. The van der Waals surface area contributed by atoms with Crippen LogP contribution in [0.1, 0.15) is 25.3 Å². The zero-order valence-electron chi connectivity index (χ0n) is 9.95. The van der Waals surface area contributed by atoms with Gasteiger partial charge in [-0.1, -0.05) is 18.2 Å². The summed E-state index contributed by atoms with van der Waals surface area (Å²) >= 11 is 0. The number of hydrogen-bond acceptors (Lipinski definition) is 2. The Bertz CT molecular complexity index is 371. The zero-order valence-corrected chi connectivity index (χ0v) is 9.95. The van der Waals surface area contributed by atoms with Gasteiger partial charge in [-0.25, -0.2) is 0 Å². The van der Waals surface area contributed by atoms with Crippen LogP contribution in [0.4, 0.5) is 5.69 Å². The number of nitrogens with one attached hydrogen (secondary N) is 1. The largest absolute Gasteiger partial charge is 0.370 e. The van der Waals surface area contributed by atoms with E-state index in [0.29, 0.717) is 6.04 Å². The summed E-state index contributed by atoms with van der Waals surface area (Å²) < 4.78 is 0. The van der Waals surface area contributed by atoms with E-state index < -0.39 is 0 Å². The van der Waals surface area contributed by atoms with Crippen molar-refractivity contribution in [1.82, 2.24) is 5.32 Å². The first kappa shape index (κ1) is 10.2. The fraction of sp³-hybridized carbons (Fsp3) is 0.571. The van der Waals surface area contributed by atoms with Crippen LogP contribution in [0.15, 0.2) is 24.3 Å². The zero-order chi connectivity index (χ0) is 11.0. The average molecular weight is 216 g/mol. The summed E-state index contributed by atoms with van der Waals surface area (Å²) in [6.45, 7) is 5.58. The highest BCUT2D eigenvalue weighted by molar-refractivity contribution is 5.54. The maximum Gasteiger partial charge on any atom is 0.0412 e. The number of para-hydroxylation sites is 1. The standard InChI is InChI=1S/C14H20N2/c1-2-16-10-13(11-7-8-11)15-9-12-5-3-4-6-14(12)16/h3-6,11,13,15H,2,7-10H2,1H3. The maximum absolute atomic E-state index is 3.72. The van der Waals surface area contributed by atoms with Crippen molar-refractivity contribution < 1.29 is 0 Å². The van der Waals surface area contributed by atoms with E-state index >= 15 is 0 Å². The van der Waals surface area contributed by atoms with Crippen molar-refractivity contribution in [2.75, 3.05) is 18.0 Å². The van der Waals surface area contributed by atoms with Crippen molar-refractivity contribution >= 4 is 5.69 Å². The van der Waals surface area contributed by atoms with Gasteiger partial charge in [0, 0.05) is 31.4 Å². The van der Waals surface area contributed by atoms with Crippen LogP contribution in [0, 0.1) is 5.92 Å². The predicted octanol–water partition coefficient (Wildman–Crippen LogP) is 2.39. The maximum atomic E-state index is 3.72. The minimum atomic E-state index is 0.701. The molecule has 3 rings (SSSR count). The van der Waals surface area contributed by atoms with Gasteiger partial charge in [-0.2, -0.15) is 0 Å². The Hall–Kier alpha value is -1.02. The lowest BCUT2D eigenvalue weighted by molar-refractivity contribution is 0.469. The molecule has 86 valence electrons. The van der Waals surface area contributed by atoms with Crippen LogP contribution in [0.25, 0.3) is 0 Å². The van der Waals surface area contributed by atoms with Gasteiger partial charge < -0.3 is 10.2 Å². The summed E-state index contributed by atoms with van der Waals surface area (Å²) in [7, 11) is 0. The van der Waals surface area contributed by atoms with E-state index in [1.165, 1.54) is 30.6 Å². The van der Waals surface area contributed by atoms with E-state index in [1.54, 1.807) is 0 Å². The van der Waals surface area contributed by atoms with Crippen molar-refractivity contribution in [3.05, 3.63) is 29.8 Å². The molecule has 1 atom stereocenters. The second kappa shape index (κ2) is 4.10. The van der Waals surface area contributed by atoms with Crippen molar-refractivity contribution in [1.29, 1.82) is 0 Å². The highest BCUT2D eigenvalue weighted by Gasteiger charge is 2.33. The molecule has 1 N–H and O–H groups in total. The molecule has 1 saturated carbocycles. The molecule has 2 aliphatic rings. The lowest BCUT2D eigenvalue weighted by Gasteiger charge is -2.26. The average Bonchev–Trinajstić information content (AvgIpc) is 3.14. The van der Waals surface area contributed by atoms with E-state index in [1.807, 2.05) is 0 Å². The van der Waals surface area contributed by atoms with Crippen LogP contribution < -0.4 is 10.2 Å². The summed E-state index contributed by atoms with van der Waals surface area (Å²) in [5.74, 6) is 0.934. The Morgan fingerprint density at radius 2 is 2.12 bits per heavy atom. The van der Waals surface area contributed by atoms with Crippen LogP contribution in [-0.2, 0) is 6.54 Å². The third-order valence-corrected chi connectivity index (χ3v) is 3.88. The van der Waals surface area contributed by atoms with E-state index in [0.717, 1.165) is 19.0 Å². The smallest absolute Gasteiger partial charge is 0.0412 e. The number of anilines is 1. The summed E-state index contributed by atoms with van der Waals surface area (Å²) in [5, 5.41) is 3.72. The SMILES string of the molecule is CCN1CC(C2CC2)NCc2ccccc21. The summed E-state index contributed by atoms with van der Waals surface area (Å²) in [6.07, 6.45) is 2.84. The molecule has 1 aliphatic carbocycles. The first-order valence-corrected chi connectivity index (χ1v) is 6.44. The molecule has 1 unspecified atom stereocenters. The van der Waals surface area contributed by atoms with Crippen LogP contribution in [-0.4, -0.2) is 19.1 Å². The molecule has 1 fully saturated rings. The van der Waals surface area contributed by atoms with Gasteiger partial charge in [0.15, 0.2) is 0 Å². The van der Waals surface area contributed by atoms with E-state index in [2.05, 4.69) is 41.4 Å². The quantitative estimate of drug-likeness (QED) is 0.816. The molecule has 0 bridgehead atoms. The molecule has 2 nitrogen and oxygen atoms in total. The Balaban J connectivity index is 1.88. The molecule has 0 saturated heterocycles. The molecule has 1 aliphatic heterocycles. The normalized spacial score (nSPS) is 25.1. The van der Waals surface area contributed by atoms with Gasteiger partial charge in [0.2, 0.25) is 0 Å². The Kier molecular flexibility index (Phi) is 2.60. The monoisotopic (exact) mass is 216 g/mol. The van der Waals surface area contributed by atoms with Gasteiger partial charge in [0.1, 0.15) is 0 Å². The lowest BCUT2D eigenvalue weighted by atomic mass is 10.1. The first-order chi connectivity index (χ1) is 7.88. The van der Waals surface area contributed by atoms with Crippen molar-refractivity contribution in [2.24, 2.45) is 5.92 Å². The van der Waals surface area contributed by atoms with Crippen LogP contribution in [0.3, 0.4) is 0 Å². The fourth-order valence-electron chi connectivity index (χ4n) is 2.72. The van der Waals surface area contributed by atoms with Gasteiger partial charge in [-0.15, -0.1) is 0 Å². The van der Waals surface area contributed by atoms with Gasteiger partial charge in [-0.05, 0) is 37.3 Å². The second-order valence-electron chi connectivity index (χ2n) is 4.99. The number of fused-ring (bicyclic) bond motifs is 1. The number of hydrogen-bond donors (Lipinski definition) is 1. The minimum Gasteiger partial charge on any atom is -0.370 e. The number of nitrogens with zero attached hydrogens (tertiary/aromatic N) is 1. The van der Waals surface area contributed by atoms with Crippen LogP contribution >= 0.6 is 0 Å². The second-order valence-corrected chi connectivity index (χ2v) is 4.99. The number of rotatable bonds is 2. The molecule has 0 amide bonds. The molecule has 2 heteroatoms. The highest BCUT2D eigenvalue weighted by atomic mass is 15.2. The Morgan fingerprint density at radius 1 is 1.31 bits per heavy atom. The van der Waals surface area contributed by atoms with Crippen LogP contribution in [0.5, 0.6) is 0 Å². The van der Waals surface area contributed by atoms with E-state index in [-0.39, 0.29) is 0 Å². The van der Waals surface area contributed by atoms with Crippen molar-refractivity contribution in [2.45, 2.75) is 32.4 Å².